The number of hydrogen-bond donors (Lipinski definition) is 1. The van der Waals surface area contributed by atoms with E-state index in [1.807, 2.05) is 24.3 Å². The van der Waals surface area contributed by atoms with Crippen LogP contribution in [0.5, 0.6) is 0 Å². The summed E-state index contributed by atoms with van der Waals surface area (Å²) in [7, 11) is 0. The molecule has 2 aromatic heterocycles. The quantitative estimate of drug-likeness (QED) is 0.754. The van der Waals surface area contributed by atoms with Crippen LogP contribution in [0.1, 0.15) is 22.4 Å². The van der Waals surface area contributed by atoms with Gasteiger partial charge in [0, 0.05) is 21.5 Å². The van der Waals surface area contributed by atoms with Crippen LogP contribution in [-0.4, -0.2) is 16.7 Å². The van der Waals surface area contributed by atoms with Gasteiger partial charge in [-0.3, -0.25) is 0 Å². The molecule has 106 valence electrons. The van der Waals surface area contributed by atoms with Crippen LogP contribution in [0.15, 0.2) is 44.7 Å². The lowest BCUT2D eigenvalue weighted by atomic mass is 10.0. The van der Waals surface area contributed by atoms with Gasteiger partial charge in [0.15, 0.2) is 0 Å². The van der Waals surface area contributed by atoms with Crippen molar-refractivity contribution >= 4 is 27.3 Å². The van der Waals surface area contributed by atoms with Crippen LogP contribution in [0.4, 0.5) is 0 Å². The Morgan fingerprint density at radius 1 is 1.24 bits per heavy atom. The summed E-state index contributed by atoms with van der Waals surface area (Å²) >= 11 is 5.22. The molecule has 0 fully saturated rings. The Bertz CT molecular complexity index is 765. The third kappa shape index (κ3) is 2.43. The van der Waals surface area contributed by atoms with Gasteiger partial charge in [-0.15, -0.1) is 11.3 Å². The first-order chi connectivity index (χ1) is 10.3. The SMILES string of the molecule is Brc1ccc(-c2noc(C3NCCc4sccc43)n2)cc1. The van der Waals surface area contributed by atoms with Crippen molar-refractivity contribution in [1.29, 1.82) is 0 Å². The summed E-state index contributed by atoms with van der Waals surface area (Å²) in [6.45, 7) is 0.939. The second-order valence-electron chi connectivity index (χ2n) is 4.90. The number of thiophene rings is 1. The van der Waals surface area contributed by atoms with Crippen molar-refractivity contribution in [2.75, 3.05) is 6.54 Å². The first-order valence-electron chi connectivity index (χ1n) is 6.70. The van der Waals surface area contributed by atoms with Crippen LogP contribution < -0.4 is 5.32 Å². The van der Waals surface area contributed by atoms with Crippen LogP contribution >= 0.6 is 27.3 Å². The lowest BCUT2D eigenvalue weighted by Gasteiger charge is -2.20. The number of nitrogens with zero attached hydrogens (tertiary/aromatic N) is 2. The fraction of sp³-hybridized carbons (Fsp3) is 0.200. The Hall–Kier alpha value is -1.50. The summed E-state index contributed by atoms with van der Waals surface area (Å²) in [4.78, 5) is 5.97. The maximum absolute atomic E-state index is 5.48. The van der Waals surface area contributed by atoms with Gasteiger partial charge >= 0.3 is 0 Å². The Morgan fingerprint density at radius 2 is 2.10 bits per heavy atom. The number of halogens is 1. The largest absolute Gasteiger partial charge is 0.337 e. The standard InChI is InChI=1S/C15H12BrN3OS/c16-10-3-1-9(2-4-10)14-18-15(20-19-14)13-11-6-8-21-12(11)5-7-17-13/h1-4,6,8,13,17H,5,7H2. The minimum Gasteiger partial charge on any atom is -0.337 e. The lowest BCUT2D eigenvalue weighted by molar-refractivity contribution is 0.344. The average molecular weight is 362 g/mol. The van der Waals surface area contributed by atoms with Gasteiger partial charge < -0.3 is 9.84 Å². The summed E-state index contributed by atoms with van der Waals surface area (Å²) in [6, 6.07) is 10.0. The molecule has 4 rings (SSSR count). The monoisotopic (exact) mass is 361 g/mol. The van der Waals surface area contributed by atoms with Gasteiger partial charge in [-0.2, -0.15) is 4.98 Å². The van der Waals surface area contributed by atoms with E-state index in [-0.39, 0.29) is 6.04 Å². The van der Waals surface area contributed by atoms with Gasteiger partial charge in [0.25, 0.3) is 0 Å². The van der Waals surface area contributed by atoms with E-state index >= 15 is 0 Å². The van der Waals surface area contributed by atoms with E-state index in [0.717, 1.165) is 23.0 Å². The molecule has 6 heteroatoms. The summed E-state index contributed by atoms with van der Waals surface area (Å²) < 4.78 is 6.52. The topological polar surface area (TPSA) is 51.0 Å². The number of benzene rings is 1. The lowest BCUT2D eigenvalue weighted by Crippen LogP contribution is -2.29. The molecule has 1 aliphatic rings. The Labute approximate surface area is 134 Å². The van der Waals surface area contributed by atoms with Crippen LogP contribution in [0.3, 0.4) is 0 Å². The van der Waals surface area contributed by atoms with Gasteiger partial charge in [-0.1, -0.05) is 21.1 Å². The van der Waals surface area contributed by atoms with Crippen molar-refractivity contribution in [3.8, 4) is 11.4 Å². The van der Waals surface area contributed by atoms with E-state index in [1.165, 1.54) is 10.4 Å². The highest BCUT2D eigenvalue weighted by Crippen LogP contribution is 2.32. The minimum atomic E-state index is 0.0108. The highest BCUT2D eigenvalue weighted by Gasteiger charge is 2.27. The first kappa shape index (κ1) is 13.2. The summed E-state index contributed by atoms with van der Waals surface area (Å²) in [5, 5.41) is 9.69. The maximum Gasteiger partial charge on any atom is 0.248 e. The van der Waals surface area contributed by atoms with Crippen molar-refractivity contribution in [1.82, 2.24) is 15.5 Å². The molecule has 3 aromatic rings. The number of aromatic nitrogens is 2. The molecule has 0 saturated heterocycles. The molecule has 0 aliphatic carbocycles. The van der Waals surface area contributed by atoms with Gasteiger partial charge in [-0.05, 0) is 47.7 Å². The summed E-state index contributed by atoms with van der Waals surface area (Å²) in [5.41, 5.74) is 2.21. The van der Waals surface area contributed by atoms with Crippen LogP contribution in [0, 0.1) is 0 Å². The molecule has 0 radical (unpaired) electrons. The molecule has 1 N–H and O–H groups in total. The fourth-order valence-corrected chi connectivity index (χ4v) is 3.73. The fourth-order valence-electron chi connectivity index (χ4n) is 2.54. The molecule has 21 heavy (non-hydrogen) atoms. The second kappa shape index (κ2) is 5.36. The predicted molar refractivity (Wildman–Crippen MR) is 85.3 cm³/mol. The van der Waals surface area contributed by atoms with Crippen molar-refractivity contribution < 1.29 is 4.52 Å². The Balaban J connectivity index is 1.68. The zero-order valence-corrected chi connectivity index (χ0v) is 13.4. The van der Waals surface area contributed by atoms with Crippen molar-refractivity contribution in [2.24, 2.45) is 0 Å². The minimum absolute atomic E-state index is 0.0108. The van der Waals surface area contributed by atoms with Crippen molar-refractivity contribution in [3.63, 3.8) is 0 Å². The Kier molecular flexibility index (Phi) is 3.37. The molecular weight excluding hydrogens is 350 g/mol. The molecule has 1 aromatic carbocycles. The third-order valence-corrected chi connectivity index (χ3v) is 5.11. The second-order valence-corrected chi connectivity index (χ2v) is 6.82. The molecule has 0 spiro atoms. The zero-order chi connectivity index (χ0) is 14.2. The van der Waals surface area contributed by atoms with Gasteiger partial charge in [-0.25, -0.2) is 0 Å². The van der Waals surface area contributed by atoms with Crippen LogP contribution in [-0.2, 0) is 6.42 Å². The van der Waals surface area contributed by atoms with Crippen molar-refractivity contribution in [2.45, 2.75) is 12.5 Å². The molecule has 3 heterocycles. The van der Waals surface area contributed by atoms with Crippen molar-refractivity contribution in [3.05, 3.63) is 56.5 Å². The molecule has 4 nitrogen and oxygen atoms in total. The maximum atomic E-state index is 5.48. The number of rotatable bonds is 2. The van der Waals surface area contributed by atoms with Gasteiger partial charge in [0.05, 0.1) is 0 Å². The molecular formula is C15H12BrN3OS. The number of fused-ring (bicyclic) bond motifs is 1. The highest BCUT2D eigenvalue weighted by molar-refractivity contribution is 9.10. The molecule has 1 unspecified atom stereocenters. The average Bonchev–Trinajstić information content (AvgIpc) is 3.16. The number of hydrogen-bond acceptors (Lipinski definition) is 5. The molecule has 0 bridgehead atoms. The number of nitrogens with one attached hydrogen (secondary N) is 1. The van der Waals surface area contributed by atoms with Gasteiger partial charge in [0.1, 0.15) is 6.04 Å². The van der Waals surface area contributed by atoms with Crippen LogP contribution in [0.2, 0.25) is 0 Å². The first-order valence-corrected chi connectivity index (χ1v) is 8.38. The zero-order valence-electron chi connectivity index (χ0n) is 11.0. The third-order valence-electron chi connectivity index (χ3n) is 3.58. The van der Waals surface area contributed by atoms with E-state index in [1.54, 1.807) is 11.3 Å². The predicted octanol–water partition coefficient (Wildman–Crippen LogP) is 3.80. The summed E-state index contributed by atoms with van der Waals surface area (Å²) in [6.07, 6.45) is 1.07. The smallest absolute Gasteiger partial charge is 0.248 e. The van der Waals surface area contributed by atoms with E-state index in [0.29, 0.717) is 11.7 Å². The van der Waals surface area contributed by atoms with E-state index < -0.39 is 0 Å². The van der Waals surface area contributed by atoms with Gasteiger partial charge in [0.2, 0.25) is 11.7 Å². The van der Waals surface area contributed by atoms with Crippen LogP contribution in [0.25, 0.3) is 11.4 Å². The molecule has 1 aliphatic heterocycles. The van der Waals surface area contributed by atoms with E-state index in [2.05, 4.69) is 42.8 Å². The Morgan fingerprint density at radius 3 is 2.95 bits per heavy atom. The normalized spacial score (nSPS) is 17.7. The summed E-state index contributed by atoms with van der Waals surface area (Å²) in [5.74, 6) is 1.26. The highest BCUT2D eigenvalue weighted by atomic mass is 79.9. The molecule has 0 saturated carbocycles. The van der Waals surface area contributed by atoms with E-state index in [9.17, 15) is 0 Å². The molecule has 0 amide bonds. The molecule has 1 atom stereocenters. The van der Waals surface area contributed by atoms with E-state index in [4.69, 9.17) is 4.52 Å².